The van der Waals surface area contributed by atoms with E-state index in [1.165, 1.54) is 93.8 Å². The molecule has 0 aliphatic heterocycles. The van der Waals surface area contributed by atoms with E-state index < -0.39 is 0 Å². The first-order valence-electron chi connectivity index (χ1n) is 19.3. The first-order valence-corrected chi connectivity index (χ1v) is 19.3. The van der Waals surface area contributed by atoms with Crippen LogP contribution in [0.1, 0.15) is 0 Å². The van der Waals surface area contributed by atoms with Gasteiger partial charge in [-0.25, -0.2) is 0 Å². The van der Waals surface area contributed by atoms with E-state index in [-0.39, 0.29) is 0 Å². The zero-order valence-electron chi connectivity index (χ0n) is 30.7. The monoisotopic (exact) mass is 712 g/mol. The number of nitrogens with zero attached hydrogens (tertiary/aromatic N) is 2. The van der Waals surface area contributed by atoms with Crippen molar-refractivity contribution in [2.45, 2.75) is 0 Å². The Morgan fingerprint density at radius 2 is 0.714 bits per heavy atom. The molecule has 0 N–H and O–H groups in total. The molecule has 11 aromatic rings. The van der Waals surface area contributed by atoms with Gasteiger partial charge in [-0.05, 0) is 93.5 Å². The summed E-state index contributed by atoms with van der Waals surface area (Å²) in [6, 6.07) is 79.4. The maximum absolute atomic E-state index is 2.43. The average Bonchev–Trinajstić information content (AvgIpc) is 3.79. The molecule has 0 atom stereocenters. The van der Waals surface area contributed by atoms with E-state index in [4.69, 9.17) is 0 Å². The molecule has 0 aliphatic rings. The molecule has 0 amide bonds. The van der Waals surface area contributed by atoms with Crippen LogP contribution in [-0.2, 0) is 0 Å². The Bertz CT molecular complexity index is 3220. The molecule has 9 aromatic carbocycles. The number of hydrogen-bond donors (Lipinski definition) is 0. The highest BCUT2D eigenvalue weighted by Gasteiger charge is 2.18. The molecule has 0 spiro atoms. The average molecular weight is 713 g/mol. The van der Waals surface area contributed by atoms with Gasteiger partial charge in [-0.3, -0.25) is 0 Å². The number of benzene rings is 9. The Morgan fingerprint density at radius 1 is 0.232 bits per heavy atom. The summed E-state index contributed by atoms with van der Waals surface area (Å²) in [7, 11) is 0. The number of para-hydroxylation sites is 3. The second kappa shape index (κ2) is 13.2. The lowest BCUT2D eigenvalue weighted by Crippen LogP contribution is -1.97. The third kappa shape index (κ3) is 5.26. The lowest BCUT2D eigenvalue weighted by atomic mass is 9.99. The van der Waals surface area contributed by atoms with Crippen molar-refractivity contribution in [3.05, 3.63) is 218 Å². The van der Waals surface area contributed by atoms with Crippen LogP contribution in [-0.4, -0.2) is 9.13 Å². The van der Waals surface area contributed by atoms with Crippen LogP contribution in [0.4, 0.5) is 0 Å². The van der Waals surface area contributed by atoms with Gasteiger partial charge in [0.25, 0.3) is 0 Å². The molecule has 0 aliphatic carbocycles. The van der Waals surface area contributed by atoms with Crippen molar-refractivity contribution in [2.75, 3.05) is 0 Å². The maximum atomic E-state index is 2.43. The van der Waals surface area contributed by atoms with Gasteiger partial charge in [-0.2, -0.15) is 0 Å². The summed E-state index contributed by atoms with van der Waals surface area (Å²) in [6.45, 7) is 0. The standard InChI is InChI=1S/C54H36N2/c1-3-14-37(15-4-1)40-18-13-19-41(34-40)38-26-30-44(31-27-38)55-51-24-11-8-21-46(51)48-32-28-43(36-54(48)55)42-29-33-53-49(35-42)47-22-9-12-25-52(47)56(53)50-23-10-7-20-45(50)39-16-5-2-6-17-39/h1-36H. The molecule has 11 rings (SSSR count). The van der Waals surface area contributed by atoms with Crippen molar-refractivity contribution in [1.82, 2.24) is 9.13 Å². The molecule has 2 aromatic heterocycles. The lowest BCUT2D eigenvalue weighted by molar-refractivity contribution is 1.18. The van der Waals surface area contributed by atoms with E-state index in [2.05, 4.69) is 228 Å². The maximum Gasteiger partial charge on any atom is 0.0547 e. The Labute approximate surface area is 325 Å². The summed E-state index contributed by atoms with van der Waals surface area (Å²) in [5.41, 5.74) is 16.8. The Hall–Kier alpha value is -7.42. The van der Waals surface area contributed by atoms with Crippen LogP contribution in [0.15, 0.2) is 218 Å². The van der Waals surface area contributed by atoms with Gasteiger partial charge in [0.1, 0.15) is 0 Å². The van der Waals surface area contributed by atoms with Crippen molar-refractivity contribution < 1.29 is 0 Å². The highest BCUT2D eigenvalue weighted by molar-refractivity contribution is 6.12. The minimum Gasteiger partial charge on any atom is -0.309 e. The summed E-state index contributed by atoms with van der Waals surface area (Å²) in [5.74, 6) is 0. The van der Waals surface area contributed by atoms with Crippen molar-refractivity contribution in [3.63, 3.8) is 0 Å². The van der Waals surface area contributed by atoms with Gasteiger partial charge in [-0.15, -0.1) is 0 Å². The van der Waals surface area contributed by atoms with Crippen LogP contribution in [0.2, 0.25) is 0 Å². The van der Waals surface area contributed by atoms with Gasteiger partial charge in [0.05, 0.1) is 27.8 Å². The topological polar surface area (TPSA) is 9.86 Å². The SMILES string of the molecule is c1ccc(-c2cccc(-c3ccc(-n4c5ccccc5c5ccc(-c6ccc7c(c6)c6ccccc6n7-c6ccccc6-c6ccccc6)cc54)cc3)c2)cc1. The predicted molar refractivity (Wildman–Crippen MR) is 237 cm³/mol. The molecule has 0 saturated carbocycles. The van der Waals surface area contributed by atoms with E-state index in [1.54, 1.807) is 0 Å². The van der Waals surface area contributed by atoms with Crippen LogP contribution in [0, 0.1) is 0 Å². The van der Waals surface area contributed by atoms with E-state index in [0.717, 1.165) is 5.69 Å². The van der Waals surface area contributed by atoms with Gasteiger partial charge in [0, 0.05) is 32.8 Å². The molecule has 2 heteroatoms. The third-order valence-corrected chi connectivity index (χ3v) is 11.3. The Kier molecular flexibility index (Phi) is 7.53. The number of hydrogen-bond acceptors (Lipinski definition) is 0. The fourth-order valence-electron chi connectivity index (χ4n) is 8.68. The Balaban J connectivity index is 1.03. The highest BCUT2D eigenvalue weighted by atomic mass is 15.0. The summed E-state index contributed by atoms with van der Waals surface area (Å²) < 4.78 is 4.85. The molecule has 0 fully saturated rings. The molecule has 0 saturated heterocycles. The van der Waals surface area contributed by atoms with Crippen molar-refractivity contribution >= 4 is 43.6 Å². The van der Waals surface area contributed by atoms with Crippen LogP contribution in [0.5, 0.6) is 0 Å². The fourth-order valence-corrected chi connectivity index (χ4v) is 8.68. The zero-order valence-corrected chi connectivity index (χ0v) is 30.7. The molecular formula is C54H36N2. The van der Waals surface area contributed by atoms with Crippen molar-refractivity contribution in [2.24, 2.45) is 0 Å². The molecule has 56 heavy (non-hydrogen) atoms. The summed E-state index contributed by atoms with van der Waals surface area (Å²) >= 11 is 0. The van der Waals surface area contributed by atoms with Crippen LogP contribution >= 0.6 is 0 Å². The Morgan fingerprint density at radius 3 is 1.46 bits per heavy atom. The molecule has 262 valence electrons. The summed E-state index contributed by atoms with van der Waals surface area (Å²) in [5, 5.41) is 4.99. The van der Waals surface area contributed by atoms with E-state index in [0.29, 0.717) is 0 Å². The van der Waals surface area contributed by atoms with Crippen molar-refractivity contribution in [3.8, 4) is 55.9 Å². The largest absolute Gasteiger partial charge is 0.309 e. The van der Waals surface area contributed by atoms with Crippen LogP contribution in [0.3, 0.4) is 0 Å². The van der Waals surface area contributed by atoms with Gasteiger partial charge >= 0.3 is 0 Å². The molecular weight excluding hydrogens is 677 g/mol. The minimum absolute atomic E-state index is 1.15. The number of fused-ring (bicyclic) bond motifs is 6. The third-order valence-electron chi connectivity index (χ3n) is 11.3. The summed E-state index contributed by atoms with van der Waals surface area (Å²) in [4.78, 5) is 0. The molecule has 0 unspecified atom stereocenters. The number of aromatic nitrogens is 2. The van der Waals surface area contributed by atoms with Gasteiger partial charge in [-0.1, -0.05) is 164 Å². The molecule has 0 radical (unpaired) electrons. The smallest absolute Gasteiger partial charge is 0.0547 e. The highest BCUT2D eigenvalue weighted by Crippen LogP contribution is 2.40. The van der Waals surface area contributed by atoms with Crippen LogP contribution < -0.4 is 0 Å². The second-order valence-electron chi connectivity index (χ2n) is 14.5. The zero-order chi connectivity index (χ0) is 37.0. The van der Waals surface area contributed by atoms with Gasteiger partial charge in [0.2, 0.25) is 0 Å². The van der Waals surface area contributed by atoms with E-state index in [9.17, 15) is 0 Å². The predicted octanol–water partition coefficient (Wildman–Crippen LogP) is 14.5. The first-order chi connectivity index (χ1) is 27.8. The quantitative estimate of drug-likeness (QED) is 0.162. The van der Waals surface area contributed by atoms with Crippen molar-refractivity contribution in [1.29, 1.82) is 0 Å². The molecule has 2 heterocycles. The first kappa shape index (κ1) is 32.0. The van der Waals surface area contributed by atoms with Crippen LogP contribution in [0.25, 0.3) is 99.5 Å². The fraction of sp³-hybridized carbons (Fsp3) is 0. The van der Waals surface area contributed by atoms with Gasteiger partial charge < -0.3 is 9.13 Å². The second-order valence-corrected chi connectivity index (χ2v) is 14.5. The normalized spacial score (nSPS) is 11.6. The van der Waals surface area contributed by atoms with Gasteiger partial charge in [0.15, 0.2) is 0 Å². The van der Waals surface area contributed by atoms with E-state index >= 15 is 0 Å². The number of rotatable bonds is 6. The molecule has 0 bridgehead atoms. The minimum atomic E-state index is 1.15. The summed E-state index contributed by atoms with van der Waals surface area (Å²) in [6.07, 6.45) is 0. The lowest BCUT2D eigenvalue weighted by Gasteiger charge is -2.14. The molecule has 2 nitrogen and oxygen atoms in total. The van der Waals surface area contributed by atoms with E-state index in [1.807, 2.05) is 0 Å².